The number of aryl methyl sites for hydroxylation is 1. The fourth-order valence-electron chi connectivity index (χ4n) is 3.61. The van der Waals surface area contributed by atoms with Gasteiger partial charge in [0.2, 0.25) is 5.91 Å². The Kier molecular flexibility index (Phi) is 4.29. The number of halogens is 1. The van der Waals surface area contributed by atoms with Crippen LogP contribution in [0.5, 0.6) is 0 Å². The SMILES string of the molecule is O=C([C@@H]1CCCCn2nnnc21)N1CC=C(c2ccc(F)cc2)CC1. The van der Waals surface area contributed by atoms with Crippen LogP contribution >= 0.6 is 0 Å². The van der Waals surface area contributed by atoms with Crippen molar-refractivity contribution in [2.45, 2.75) is 38.1 Å². The molecule has 3 heterocycles. The second-order valence-corrected chi connectivity index (χ2v) is 6.58. The van der Waals surface area contributed by atoms with Gasteiger partial charge in [-0.25, -0.2) is 9.07 Å². The maximum Gasteiger partial charge on any atom is 0.233 e. The van der Waals surface area contributed by atoms with E-state index in [0.29, 0.717) is 18.9 Å². The van der Waals surface area contributed by atoms with E-state index in [1.165, 1.54) is 12.1 Å². The molecule has 0 fully saturated rings. The predicted octanol–water partition coefficient (Wildman–Crippen LogP) is 2.40. The molecule has 2 aromatic rings. The van der Waals surface area contributed by atoms with Gasteiger partial charge < -0.3 is 4.90 Å². The molecule has 1 atom stereocenters. The highest BCUT2D eigenvalue weighted by molar-refractivity contribution is 5.84. The fourth-order valence-corrected chi connectivity index (χ4v) is 3.61. The van der Waals surface area contributed by atoms with E-state index in [2.05, 4.69) is 21.6 Å². The summed E-state index contributed by atoms with van der Waals surface area (Å²) in [5, 5.41) is 11.8. The molecular formula is C18H20FN5O. The van der Waals surface area contributed by atoms with Crippen LogP contribution < -0.4 is 0 Å². The molecule has 0 radical (unpaired) electrons. The Morgan fingerprint density at radius 1 is 1.16 bits per heavy atom. The van der Waals surface area contributed by atoms with Crippen molar-refractivity contribution in [1.82, 2.24) is 25.1 Å². The molecule has 7 heteroatoms. The molecule has 6 nitrogen and oxygen atoms in total. The minimum Gasteiger partial charge on any atom is -0.338 e. The van der Waals surface area contributed by atoms with Crippen LogP contribution in [0.15, 0.2) is 30.3 Å². The number of hydrogen-bond acceptors (Lipinski definition) is 4. The summed E-state index contributed by atoms with van der Waals surface area (Å²) in [4.78, 5) is 14.9. The van der Waals surface area contributed by atoms with Gasteiger partial charge in [-0.05, 0) is 53.0 Å². The highest BCUT2D eigenvalue weighted by Gasteiger charge is 2.32. The molecule has 1 aromatic carbocycles. The van der Waals surface area contributed by atoms with Crippen LogP contribution in [0.4, 0.5) is 4.39 Å². The normalized spacial score (nSPS) is 20.6. The molecule has 25 heavy (non-hydrogen) atoms. The van der Waals surface area contributed by atoms with Gasteiger partial charge in [-0.15, -0.1) is 5.10 Å². The van der Waals surface area contributed by atoms with E-state index in [1.807, 2.05) is 4.90 Å². The van der Waals surface area contributed by atoms with E-state index in [4.69, 9.17) is 0 Å². The van der Waals surface area contributed by atoms with E-state index in [9.17, 15) is 9.18 Å². The lowest BCUT2D eigenvalue weighted by molar-refractivity contribution is -0.132. The number of tetrazole rings is 1. The van der Waals surface area contributed by atoms with E-state index in [0.717, 1.165) is 43.4 Å². The first-order valence-corrected chi connectivity index (χ1v) is 8.72. The predicted molar refractivity (Wildman–Crippen MR) is 90.0 cm³/mol. The van der Waals surface area contributed by atoms with E-state index >= 15 is 0 Å². The number of carbonyl (C=O) groups excluding carboxylic acids is 1. The van der Waals surface area contributed by atoms with Crippen molar-refractivity contribution >= 4 is 11.5 Å². The van der Waals surface area contributed by atoms with Gasteiger partial charge in [0.15, 0.2) is 5.82 Å². The molecule has 130 valence electrons. The van der Waals surface area contributed by atoms with Gasteiger partial charge in [0, 0.05) is 19.6 Å². The zero-order valence-corrected chi connectivity index (χ0v) is 13.9. The Morgan fingerprint density at radius 3 is 2.76 bits per heavy atom. The summed E-state index contributed by atoms with van der Waals surface area (Å²) in [6.07, 6.45) is 5.62. The first-order valence-electron chi connectivity index (χ1n) is 8.72. The van der Waals surface area contributed by atoms with Gasteiger partial charge in [0.25, 0.3) is 0 Å². The van der Waals surface area contributed by atoms with E-state index in [1.54, 1.807) is 16.8 Å². The molecule has 0 aliphatic carbocycles. The molecular weight excluding hydrogens is 321 g/mol. The highest BCUT2D eigenvalue weighted by Crippen LogP contribution is 2.29. The van der Waals surface area contributed by atoms with Gasteiger partial charge in [-0.3, -0.25) is 4.79 Å². The second-order valence-electron chi connectivity index (χ2n) is 6.58. The summed E-state index contributed by atoms with van der Waals surface area (Å²) in [5.41, 5.74) is 2.18. The number of benzene rings is 1. The van der Waals surface area contributed by atoms with Gasteiger partial charge in [0.05, 0.1) is 5.92 Å². The lowest BCUT2D eigenvalue weighted by Crippen LogP contribution is -2.38. The molecule has 1 amide bonds. The van der Waals surface area contributed by atoms with Crippen LogP contribution in [-0.2, 0) is 11.3 Å². The van der Waals surface area contributed by atoms with Gasteiger partial charge in [0.1, 0.15) is 5.82 Å². The largest absolute Gasteiger partial charge is 0.338 e. The van der Waals surface area contributed by atoms with Crippen molar-refractivity contribution in [3.63, 3.8) is 0 Å². The van der Waals surface area contributed by atoms with Gasteiger partial charge in [-0.2, -0.15) is 0 Å². The maximum atomic E-state index is 13.1. The molecule has 0 unspecified atom stereocenters. The van der Waals surface area contributed by atoms with Crippen molar-refractivity contribution in [2.75, 3.05) is 13.1 Å². The summed E-state index contributed by atoms with van der Waals surface area (Å²) in [6, 6.07) is 6.52. The Hall–Kier alpha value is -2.57. The Labute approximate surface area is 145 Å². The molecule has 1 aromatic heterocycles. The van der Waals surface area contributed by atoms with Crippen molar-refractivity contribution in [1.29, 1.82) is 0 Å². The quantitative estimate of drug-likeness (QED) is 0.841. The Bertz CT molecular complexity index is 798. The first-order chi connectivity index (χ1) is 12.2. The monoisotopic (exact) mass is 341 g/mol. The summed E-state index contributed by atoms with van der Waals surface area (Å²) < 4.78 is 14.8. The van der Waals surface area contributed by atoms with Crippen LogP contribution in [0, 0.1) is 5.82 Å². The number of amides is 1. The number of rotatable bonds is 2. The third-order valence-electron chi connectivity index (χ3n) is 5.02. The van der Waals surface area contributed by atoms with Crippen molar-refractivity contribution in [2.24, 2.45) is 0 Å². The molecule has 0 spiro atoms. The lowest BCUT2D eigenvalue weighted by Gasteiger charge is -2.29. The topological polar surface area (TPSA) is 63.9 Å². The zero-order valence-electron chi connectivity index (χ0n) is 13.9. The van der Waals surface area contributed by atoms with Crippen LogP contribution in [0.2, 0.25) is 0 Å². The number of aromatic nitrogens is 4. The molecule has 0 saturated heterocycles. The number of hydrogen-bond donors (Lipinski definition) is 0. The molecule has 0 saturated carbocycles. The standard InChI is InChI=1S/C18H20FN5O/c19-15-6-4-13(5-7-15)14-8-11-23(12-9-14)18(25)16-3-1-2-10-24-17(16)20-21-22-24/h4-8,16H,1-3,9-12H2/t16-/m1/s1. The molecule has 0 bridgehead atoms. The first kappa shape index (κ1) is 15.9. The van der Waals surface area contributed by atoms with Gasteiger partial charge in [-0.1, -0.05) is 24.6 Å². The number of fused-ring (bicyclic) bond motifs is 1. The third kappa shape index (κ3) is 3.18. The highest BCUT2D eigenvalue weighted by atomic mass is 19.1. The lowest BCUT2D eigenvalue weighted by atomic mass is 9.96. The Morgan fingerprint density at radius 2 is 2.00 bits per heavy atom. The van der Waals surface area contributed by atoms with Crippen LogP contribution in [0.25, 0.3) is 5.57 Å². The van der Waals surface area contributed by atoms with Crippen molar-refractivity contribution in [3.05, 3.63) is 47.5 Å². The maximum absolute atomic E-state index is 13.1. The number of nitrogens with zero attached hydrogens (tertiary/aromatic N) is 5. The summed E-state index contributed by atoms with van der Waals surface area (Å²) in [7, 11) is 0. The van der Waals surface area contributed by atoms with Gasteiger partial charge >= 0.3 is 0 Å². The zero-order chi connectivity index (χ0) is 17.2. The van der Waals surface area contributed by atoms with Crippen molar-refractivity contribution in [3.8, 4) is 0 Å². The van der Waals surface area contributed by atoms with Crippen LogP contribution in [0.1, 0.15) is 43.0 Å². The van der Waals surface area contributed by atoms with E-state index < -0.39 is 0 Å². The van der Waals surface area contributed by atoms with Crippen LogP contribution in [0.3, 0.4) is 0 Å². The summed E-state index contributed by atoms with van der Waals surface area (Å²) >= 11 is 0. The molecule has 0 N–H and O–H groups in total. The minimum atomic E-state index is -0.252. The second kappa shape index (κ2) is 6.74. The summed E-state index contributed by atoms with van der Waals surface area (Å²) in [6.45, 7) is 2.02. The fraction of sp³-hybridized carbons (Fsp3) is 0.444. The van der Waals surface area contributed by atoms with E-state index in [-0.39, 0.29) is 17.6 Å². The van der Waals surface area contributed by atoms with Crippen LogP contribution in [-0.4, -0.2) is 44.1 Å². The Balaban J connectivity index is 1.49. The molecule has 4 rings (SSSR count). The minimum absolute atomic E-state index is 0.104. The van der Waals surface area contributed by atoms with Crippen molar-refractivity contribution < 1.29 is 9.18 Å². The average molecular weight is 341 g/mol. The molecule has 2 aliphatic rings. The molecule has 2 aliphatic heterocycles. The average Bonchev–Trinajstić information content (AvgIpc) is 3.01. The smallest absolute Gasteiger partial charge is 0.233 e. The third-order valence-corrected chi connectivity index (χ3v) is 5.02. The number of carbonyl (C=O) groups is 1. The summed E-state index contributed by atoms with van der Waals surface area (Å²) in [5.74, 6) is 0.310.